The van der Waals surface area contributed by atoms with E-state index in [9.17, 15) is 26.3 Å². The number of piperazine rings is 1. The lowest BCUT2D eigenvalue weighted by molar-refractivity contribution is -0.143. The van der Waals surface area contributed by atoms with Crippen LogP contribution in [-0.4, -0.2) is 45.6 Å². The van der Waals surface area contributed by atoms with E-state index < -0.39 is 29.0 Å². The van der Waals surface area contributed by atoms with Crippen LogP contribution in [0.1, 0.15) is 17.0 Å². The molecule has 0 amide bonds. The van der Waals surface area contributed by atoms with E-state index in [0.717, 1.165) is 0 Å². The minimum absolute atomic E-state index is 0.0517. The third-order valence-electron chi connectivity index (χ3n) is 3.99. The maximum atomic E-state index is 12.9. The van der Waals surface area contributed by atoms with Crippen LogP contribution in [-0.2, 0) is 18.9 Å². The molecule has 2 aromatic rings. The molecular weight excluding hydrogens is 402 g/mol. The van der Waals surface area contributed by atoms with Gasteiger partial charge >= 0.3 is 12.4 Å². The Hall–Kier alpha value is -1.85. The summed E-state index contributed by atoms with van der Waals surface area (Å²) in [4.78, 5) is 5.87. The highest BCUT2D eigenvalue weighted by atomic mass is 35.5. The summed E-state index contributed by atoms with van der Waals surface area (Å²) in [7, 11) is 0. The molecular formula is C15H13ClF6N4O. The van der Waals surface area contributed by atoms with E-state index in [2.05, 4.69) is 10.1 Å². The molecule has 27 heavy (non-hydrogen) atoms. The number of rotatable bonds is 3. The predicted molar refractivity (Wildman–Crippen MR) is 82.4 cm³/mol. The van der Waals surface area contributed by atoms with Crippen LogP contribution < -0.4 is 0 Å². The first-order valence-corrected chi connectivity index (χ1v) is 8.12. The van der Waals surface area contributed by atoms with Gasteiger partial charge in [0.05, 0.1) is 17.7 Å². The summed E-state index contributed by atoms with van der Waals surface area (Å²) < 4.78 is 84.3. The fourth-order valence-corrected chi connectivity index (χ4v) is 2.74. The Morgan fingerprint density at radius 1 is 0.926 bits per heavy atom. The summed E-state index contributed by atoms with van der Waals surface area (Å²) >= 11 is 5.84. The molecule has 1 saturated heterocycles. The van der Waals surface area contributed by atoms with Gasteiger partial charge in [-0.1, -0.05) is 5.16 Å². The number of hydrogen-bond donors (Lipinski definition) is 0. The van der Waals surface area contributed by atoms with E-state index in [0.29, 0.717) is 38.3 Å². The third-order valence-corrected chi connectivity index (χ3v) is 4.33. The van der Waals surface area contributed by atoms with Gasteiger partial charge in [-0.15, -0.1) is 0 Å². The quantitative estimate of drug-likeness (QED) is 0.560. The fraction of sp³-hybridized carbons (Fsp3) is 0.467. The van der Waals surface area contributed by atoms with Crippen molar-refractivity contribution >= 4 is 11.8 Å². The summed E-state index contributed by atoms with van der Waals surface area (Å²) in [6, 6.07) is 1.18. The third kappa shape index (κ3) is 4.90. The molecule has 0 saturated carbocycles. The zero-order valence-corrected chi connectivity index (χ0v) is 14.4. The van der Waals surface area contributed by atoms with Crippen LogP contribution >= 0.6 is 11.8 Å². The topological polar surface area (TPSA) is 45.4 Å². The van der Waals surface area contributed by atoms with E-state index in [1.165, 1.54) is 0 Å². The molecule has 1 aromatic heterocycles. The lowest BCUT2D eigenvalue weighted by atomic mass is 10.0. The van der Waals surface area contributed by atoms with Gasteiger partial charge in [-0.2, -0.15) is 31.3 Å². The van der Waals surface area contributed by atoms with Gasteiger partial charge in [-0.05, 0) is 30.0 Å². The average Bonchev–Trinajstić information content (AvgIpc) is 3.03. The fourth-order valence-electron chi connectivity index (χ4n) is 2.59. The Labute approximate surface area is 154 Å². The number of benzene rings is 1. The van der Waals surface area contributed by atoms with Gasteiger partial charge in [0.15, 0.2) is 0 Å². The van der Waals surface area contributed by atoms with Crippen LogP contribution in [0.15, 0.2) is 22.7 Å². The minimum atomic E-state index is -4.94. The highest BCUT2D eigenvalue weighted by Crippen LogP contribution is 2.38. The number of alkyl halides is 6. The van der Waals surface area contributed by atoms with Crippen molar-refractivity contribution in [3.05, 3.63) is 35.2 Å². The van der Waals surface area contributed by atoms with Crippen LogP contribution in [0.2, 0.25) is 0 Å². The Kier molecular flexibility index (Phi) is 5.37. The lowest BCUT2D eigenvalue weighted by Gasteiger charge is -2.29. The van der Waals surface area contributed by atoms with Gasteiger partial charge in [0, 0.05) is 31.7 Å². The molecule has 1 fully saturated rings. The summed E-state index contributed by atoms with van der Waals surface area (Å²) in [5.41, 5.74) is -3.29. The van der Waals surface area contributed by atoms with E-state index in [4.69, 9.17) is 16.3 Å². The summed E-state index contributed by atoms with van der Waals surface area (Å²) in [5.74, 6) is -0.239. The number of aromatic nitrogens is 2. The van der Waals surface area contributed by atoms with Crippen molar-refractivity contribution in [1.82, 2.24) is 19.5 Å². The molecule has 1 aliphatic heterocycles. The van der Waals surface area contributed by atoms with E-state index >= 15 is 0 Å². The SMILES string of the molecule is FC(F)(F)c1cc(-c2noc(CN3CCN(Cl)CC3)n2)cc(C(F)(F)F)c1. The summed E-state index contributed by atoms with van der Waals surface area (Å²) in [5, 5.41) is 3.53. The molecule has 0 unspecified atom stereocenters. The van der Waals surface area contributed by atoms with Crippen molar-refractivity contribution in [3.8, 4) is 11.4 Å². The van der Waals surface area contributed by atoms with E-state index in [1.54, 1.807) is 4.42 Å². The smallest absolute Gasteiger partial charge is 0.338 e. The Bertz CT molecular complexity index is 766. The monoisotopic (exact) mass is 414 g/mol. The minimum Gasteiger partial charge on any atom is -0.338 e. The van der Waals surface area contributed by atoms with E-state index in [1.807, 2.05) is 4.90 Å². The Morgan fingerprint density at radius 2 is 1.48 bits per heavy atom. The first-order chi connectivity index (χ1) is 12.5. The molecule has 2 heterocycles. The standard InChI is InChI=1S/C15H13ClF6N4O/c16-26-3-1-25(2-4-26)8-12-23-13(24-27-12)9-5-10(14(17,18)19)7-11(6-9)15(20,21)22/h5-7H,1-4,8H2. The lowest BCUT2D eigenvalue weighted by Crippen LogP contribution is -2.41. The van der Waals surface area contributed by atoms with Gasteiger partial charge in [-0.25, -0.2) is 4.42 Å². The molecule has 5 nitrogen and oxygen atoms in total. The largest absolute Gasteiger partial charge is 0.416 e. The van der Waals surface area contributed by atoms with Gasteiger partial charge < -0.3 is 4.52 Å². The molecule has 0 aliphatic carbocycles. The second kappa shape index (κ2) is 7.28. The first-order valence-electron chi connectivity index (χ1n) is 7.78. The van der Waals surface area contributed by atoms with Gasteiger partial charge in [-0.3, -0.25) is 4.90 Å². The van der Waals surface area contributed by atoms with Crippen molar-refractivity contribution in [1.29, 1.82) is 0 Å². The maximum Gasteiger partial charge on any atom is 0.416 e. The molecule has 0 bridgehead atoms. The van der Waals surface area contributed by atoms with Crippen LogP contribution in [0.4, 0.5) is 26.3 Å². The average molecular weight is 415 g/mol. The van der Waals surface area contributed by atoms with Crippen molar-refractivity contribution in [2.24, 2.45) is 0 Å². The zero-order chi connectivity index (χ0) is 19.8. The van der Waals surface area contributed by atoms with Crippen molar-refractivity contribution in [2.45, 2.75) is 18.9 Å². The second-order valence-electron chi connectivity index (χ2n) is 5.99. The highest BCUT2D eigenvalue weighted by Gasteiger charge is 2.37. The molecule has 3 rings (SSSR count). The van der Waals surface area contributed by atoms with Crippen LogP contribution in [0.3, 0.4) is 0 Å². The predicted octanol–water partition coefficient (Wildman–Crippen LogP) is 4.05. The van der Waals surface area contributed by atoms with Crippen molar-refractivity contribution in [2.75, 3.05) is 26.2 Å². The molecule has 1 aromatic carbocycles. The normalized spacial score (nSPS) is 17.4. The Balaban J connectivity index is 1.86. The van der Waals surface area contributed by atoms with Crippen LogP contribution in [0.5, 0.6) is 0 Å². The second-order valence-corrected chi connectivity index (χ2v) is 6.47. The van der Waals surface area contributed by atoms with Gasteiger partial charge in [0.2, 0.25) is 11.7 Å². The van der Waals surface area contributed by atoms with Crippen LogP contribution in [0, 0.1) is 0 Å². The van der Waals surface area contributed by atoms with Gasteiger partial charge in [0.1, 0.15) is 0 Å². The number of halogens is 7. The molecule has 0 atom stereocenters. The van der Waals surface area contributed by atoms with Crippen LogP contribution in [0.25, 0.3) is 11.4 Å². The first kappa shape index (κ1) is 19.9. The molecule has 12 heteroatoms. The number of hydrogen-bond acceptors (Lipinski definition) is 5. The van der Waals surface area contributed by atoms with Gasteiger partial charge in [0.25, 0.3) is 0 Å². The van der Waals surface area contributed by atoms with E-state index in [-0.39, 0.29) is 24.3 Å². The molecule has 1 aliphatic rings. The van der Waals surface area contributed by atoms with Crippen molar-refractivity contribution in [3.63, 3.8) is 0 Å². The molecule has 148 valence electrons. The molecule has 0 spiro atoms. The summed E-state index contributed by atoms with van der Waals surface area (Å²) in [6.07, 6.45) is -9.88. The molecule has 0 N–H and O–H groups in total. The zero-order valence-electron chi connectivity index (χ0n) is 13.6. The number of nitrogens with zero attached hydrogens (tertiary/aromatic N) is 4. The Morgan fingerprint density at radius 3 is 2.00 bits per heavy atom. The highest BCUT2D eigenvalue weighted by molar-refractivity contribution is 6.13. The molecule has 0 radical (unpaired) electrons. The van der Waals surface area contributed by atoms with Crippen molar-refractivity contribution < 1.29 is 30.9 Å². The summed E-state index contributed by atoms with van der Waals surface area (Å²) in [6.45, 7) is 2.66. The maximum absolute atomic E-state index is 12.9.